The monoisotopic (exact) mass is 299 g/mol. The smallest absolute Gasteiger partial charge is 0.408 e. The number of Topliss-reactive ketones (excluding diaryl/α,β-unsaturated/α-hetero) is 1. The molecule has 2 aliphatic carbocycles. The highest BCUT2D eigenvalue weighted by molar-refractivity contribution is 6.04. The van der Waals surface area contributed by atoms with Crippen molar-refractivity contribution in [3.8, 4) is 0 Å². The van der Waals surface area contributed by atoms with Crippen molar-refractivity contribution in [1.82, 2.24) is 5.32 Å². The molecule has 0 radical (unpaired) electrons. The van der Waals surface area contributed by atoms with Gasteiger partial charge in [-0.25, -0.2) is 9.59 Å². The van der Waals surface area contributed by atoms with Crippen LogP contribution < -0.4 is 5.32 Å². The first-order valence-electron chi connectivity index (χ1n) is 6.50. The molecule has 2 saturated carbocycles. The van der Waals surface area contributed by atoms with Crippen LogP contribution in [0, 0.1) is 17.8 Å². The number of aliphatic carboxylic acids is 2. The zero-order chi connectivity index (χ0) is 16.2. The number of amides is 1. The van der Waals surface area contributed by atoms with Gasteiger partial charge in [0.1, 0.15) is 11.4 Å². The molecule has 4 atom stereocenters. The number of carbonyl (C=O) groups is 4. The molecule has 116 valence electrons. The first-order chi connectivity index (χ1) is 9.49. The molecule has 1 amide bonds. The van der Waals surface area contributed by atoms with Crippen molar-refractivity contribution in [2.45, 2.75) is 38.3 Å². The van der Waals surface area contributed by atoms with Gasteiger partial charge in [0.25, 0.3) is 0 Å². The van der Waals surface area contributed by atoms with Crippen molar-refractivity contribution >= 4 is 23.8 Å². The Kier molecular flexibility index (Phi) is 3.23. The standard InChI is InChI=1S/C13H17NO7/c1-12(2,3)21-11(20)14-13(10(18)19)4-5(15)6-7(8(6)13)9(16)17/h6-8H,4H2,1-3H3,(H,14,20)(H,16,17)(H,18,19)/t6-,7-,8+,13-/m0/s1. The van der Waals surface area contributed by atoms with Crippen LogP contribution in [-0.2, 0) is 19.1 Å². The van der Waals surface area contributed by atoms with Gasteiger partial charge in [-0.3, -0.25) is 9.59 Å². The van der Waals surface area contributed by atoms with Gasteiger partial charge < -0.3 is 20.3 Å². The van der Waals surface area contributed by atoms with Gasteiger partial charge in [-0.2, -0.15) is 0 Å². The van der Waals surface area contributed by atoms with Crippen LogP contribution in [0.5, 0.6) is 0 Å². The summed E-state index contributed by atoms with van der Waals surface area (Å²) < 4.78 is 5.00. The van der Waals surface area contributed by atoms with Crippen LogP contribution in [0.15, 0.2) is 0 Å². The fraction of sp³-hybridized carbons (Fsp3) is 0.692. The highest BCUT2D eigenvalue weighted by atomic mass is 16.6. The molecule has 0 saturated heterocycles. The minimum atomic E-state index is -1.90. The summed E-state index contributed by atoms with van der Waals surface area (Å²) in [6.07, 6.45) is -1.39. The molecule has 0 bridgehead atoms. The molecular weight excluding hydrogens is 282 g/mol. The minimum absolute atomic E-state index is 0.416. The molecule has 0 aromatic rings. The van der Waals surface area contributed by atoms with Crippen LogP contribution in [0.2, 0.25) is 0 Å². The topological polar surface area (TPSA) is 130 Å². The van der Waals surface area contributed by atoms with Crippen molar-refractivity contribution in [2.24, 2.45) is 17.8 Å². The molecular formula is C13H17NO7. The van der Waals surface area contributed by atoms with Gasteiger partial charge in [0.2, 0.25) is 0 Å². The molecule has 0 aromatic heterocycles. The predicted octanol–water partition coefficient (Wildman–Crippen LogP) is 0.254. The van der Waals surface area contributed by atoms with Gasteiger partial charge in [-0.05, 0) is 20.8 Å². The lowest BCUT2D eigenvalue weighted by Crippen LogP contribution is -2.57. The quantitative estimate of drug-likeness (QED) is 0.681. The number of carbonyl (C=O) groups excluding carboxylic acids is 2. The molecule has 8 nitrogen and oxygen atoms in total. The van der Waals surface area contributed by atoms with E-state index in [1.54, 1.807) is 20.8 Å². The third-order valence-corrected chi connectivity index (χ3v) is 3.80. The summed E-state index contributed by atoms with van der Waals surface area (Å²) in [5.41, 5.74) is -2.73. The maximum atomic E-state index is 11.8. The summed E-state index contributed by atoms with van der Waals surface area (Å²) in [6, 6.07) is 0. The lowest BCUT2D eigenvalue weighted by molar-refractivity contribution is -0.148. The van der Waals surface area contributed by atoms with Crippen molar-refractivity contribution < 1.29 is 34.1 Å². The number of alkyl carbamates (subject to hydrolysis) is 1. The molecule has 2 rings (SSSR count). The molecule has 2 aliphatic rings. The second-order valence-electron chi connectivity index (χ2n) is 6.46. The van der Waals surface area contributed by atoms with E-state index in [4.69, 9.17) is 9.84 Å². The minimum Gasteiger partial charge on any atom is -0.481 e. The number of carboxylic acids is 2. The summed E-state index contributed by atoms with van der Waals surface area (Å²) in [6.45, 7) is 4.83. The molecule has 0 heterocycles. The van der Waals surface area contributed by atoms with Crippen LogP contribution in [0.25, 0.3) is 0 Å². The number of ether oxygens (including phenoxy) is 1. The van der Waals surface area contributed by atoms with Crippen LogP contribution >= 0.6 is 0 Å². The highest BCUT2D eigenvalue weighted by Crippen LogP contribution is 2.60. The van der Waals surface area contributed by atoms with E-state index >= 15 is 0 Å². The zero-order valence-electron chi connectivity index (χ0n) is 11.9. The highest BCUT2D eigenvalue weighted by Gasteiger charge is 2.76. The molecule has 21 heavy (non-hydrogen) atoms. The van der Waals surface area contributed by atoms with Crippen LogP contribution in [0.3, 0.4) is 0 Å². The van der Waals surface area contributed by atoms with E-state index < -0.39 is 59.1 Å². The lowest BCUT2D eigenvalue weighted by Gasteiger charge is -2.29. The number of nitrogens with one attached hydrogen (secondary N) is 1. The average Bonchev–Trinajstić information content (AvgIpc) is 2.94. The Morgan fingerprint density at radius 3 is 2.24 bits per heavy atom. The maximum absolute atomic E-state index is 11.8. The van der Waals surface area contributed by atoms with E-state index in [1.165, 1.54) is 0 Å². The molecule has 3 N–H and O–H groups in total. The maximum Gasteiger partial charge on any atom is 0.408 e. The number of rotatable bonds is 3. The summed E-state index contributed by atoms with van der Waals surface area (Å²) >= 11 is 0. The Balaban J connectivity index is 2.23. The van der Waals surface area contributed by atoms with Gasteiger partial charge in [-0.1, -0.05) is 0 Å². The van der Waals surface area contributed by atoms with Crippen LogP contribution in [0.4, 0.5) is 4.79 Å². The molecule has 0 spiro atoms. The number of fused-ring (bicyclic) bond motifs is 1. The molecule has 0 unspecified atom stereocenters. The van der Waals surface area contributed by atoms with E-state index in [0.29, 0.717) is 0 Å². The van der Waals surface area contributed by atoms with Crippen molar-refractivity contribution in [3.05, 3.63) is 0 Å². The molecule has 2 fully saturated rings. The summed E-state index contributed by atoms with van der Waals surface area (Å²) in [4.78, 5) is 46.2. The van der Waals surface area contributed by atoms with E-state index in [1.807, 2.05) is 0 Å². The number of carboxylic acid groups (broad SMARTS) is 2. The van der Waals surface area contributed by atoms with E-state index in [-0.39, 0.29) is 0 Å². The zero-order valence-corrected chi connectivity index (χ0v) is 11.9. The van der Waals surface area contributed by atoms with E-state index in [2.05, 4.69) is 5.32 Å². The van der Waals surface area contributed by atoms with Gasteiger partial charge >= 0.3 is 18.0 Å². The summed E-state index contributed by atoms with van der Waals surface area (Å²) in [5.74, 6) is -5.92. The normalized spacial score (nSPS) is 34.0. The number of ketones is 1. The number of hydrogen-bond acceptors (Lipinski definition) is 5. The predicted molar refractivity (Wildman–Crippen MR) is 67.5 cm³/mol. The first-order valence-corrected chi connectivity index (χ1v) is 6.50. The molecule has 8 heteroatoms. The fourth-order valence-corrected chi connectivity index (χ4v) is 3.03. The Morgan fingerprint density at radius 1 is 1.29 bits per heavy atom. The van der Waals surface area contributed by atoms with Gasteiger partial charge in [0.05, 0.1) is 5.92 Å². The third kappa shape index (κ3) is 2.45. The molecule has 0 aromatic carbocycles. The van der Waals surface area contributed by atoms with Crippen molar-refractivity contribution in [3.63, 3.8) is 0 Å². The Labute approximate surface area is 120 Å². The largest absolute Gasteiger partial charge is 0.481 e. The second kappa shape index (κ2) is 4.44. The molecule has 0 aliphatic heterocycles. The van der Waals surface area contributed by atoms with Gasteiger partial charge in [0, 0.05) is 18.3 Å². The Bertz CT molecular complexity index is 531. The van der Waals surface area contributed by atoms with E-state index in [0.717, 1.165) is 0 Å². The second-order valence-corrected chi connectivity index (χ2v) is 6.46. The Morgan fingerprint density at radius 2 is 1.86 bits per heavy atom. The average molecular weight is 299 g/mol. The number of hydrogen-bond donors (Lipinski definition) is 3. The first kappa shape index (κ1) is 15.3. The summed E-state index contributed by atoms with van der Waals surface area (Å²) in [7, 11) is 0. The van der Waals surface area contributed by atoms with Crippen LogP contribution in [0.1, 0.15) is 27.2 Å². The van der Waals surface area contributed by atoms with Gasteiger partial charge in [-0.15, -0.1) is 0 Å². The third-order valence-electron chi connectivity index (χ3n) is 3.80. The lowest BCUT2D eigenvalue weighted by atomic mass is 9.90. The van der Waals surface area contributed by atoms with Gasteiger partial charge in [0.15, 0.2) is 5.54 Å². The fourth-order valence-electron chi connectivity index (χ4n) is 3.03. The summed E-state index contributed by atoms with van der Waals surface area (Å²) in [5, 5.41) is 20.6. The van der Waals surface area contributed by atoms with Crippen LogP contribution in [-0.4, -0.2) is 45.2 Å². The SMILES string of the molecule is CC(C)(C)OC(=O)N[C@@]1(C(=O)O)CC(=O)[C@H]2[C@H](C(=O)O)[C@@H]21. The van der Waals surface area contributed by atoms with E-state index in [9.17, 15) is 24.3 Å². The Hall–Kier alpha value is -2.12. The van der Waals surface area contributed by atoms with Crippen molar-refractivity contribution in [1.29, 1.82) is 0 Å². The van der Waals surface area contributed by atoms with Crippen molar-refractivity contribution in [2.75, 3.05) is 0 Å².